The first-order valence-electron chi connectivity index (χ1n) is 4.53. The molecule has 0 aliphatic carbocycles. The van der Waals surface area contributed by atoms with Crippen LogP contribution in [0.2, 0.25) is 0 Å². The molecule has 0 saturated heterocycles. The van der Waals surface area contributed by atoms with Gasteiger partial charge in [0, 0.05) is 24.7 Å². The molecule has 0 radical (unpaired) electrons. The highest BCUT2D eigenvalue weighted by Gasteiger charge is 2.27. The fraction of sp³-hybridized carbons (Fsp3) is 1.00. The molecule has 0 aliphatic heterocycles. The second kappa shape index (κ2) is 6.60. The molecule has 0 amide bonds. The molecule has 0 spiro atoms. The molecule has 1 unspecified atom stereocenters. The molecular formula is C9H24ClN3. The van der Waals surface area contributed by atoms with E-state index >= 15 is 0 Å². The van der Waals surface area contributed by atoms with E-state index in [0.29, 0.717) is 12.6 Å². The number of likely N-dealkylation sites (N-methyl/N-ethyl adjacent to an activating group) is 1. The van der Waals surface area contributed by atoms with E-state index in [0.717, 1.165) is 6.54 Å². The number of halogens is 1. The zero-order chi connectivity index (χ0) is 9.78. The van der Waals surface area contributed by atoms with Crippen molar-refractivity contribution in [1.82, 2.24) is 10.2 Å². The van der Waals surface area contributed by atoms with Crippen molar-refractivity contribution < 1.29 is 0 Å². The SMILES string of the molecule is CC(NCCN)C(C)(C)N(C)C.Cl. The quantitative estimate of drug-likeness (QED) is 0.700. The van der Waals surface area contributed by atoms with Gasteiger partial charge in [0.2, 0.25) is 0 Å². The van der Waals surface area contributed by atoms with Gasteiger partial charge < -0.3 is 16.0 Å². The monoisotopic (exact) mass is 209 g/mol. The summed E-state index contributed by atoms with van der Waals surface area (Å²) >= 11 is 0. The Bertz CT molecular complexity index is 126. The van der Waals surface area contributed by atoms with Gasteiger partial charge >= 0.3 is 0 Å². The number of rotatable bonds is 5. The Morgan fingerprint density at radius 2 is 1.85 bits per heavy atom. The fourth-order valence-electron chi connectivity index (χ4n) is 0.937. The van der Waals surface area contributed by atoms with Crippen molar-refractivity contribution in [3.63, 3.8) is 0 Å². The highest BCUT2D eigenvalue weighted by atomic mass is 35.5. The minimum absolute atomic E-state index is 0. The summed E-state index contributed by atoms with van der Waals surface area (Å²) in [7, 11) is 4.20. The highest BCUT2D eigenvalue weighted by molar-refractivity contribution is 5.85. The molecular weight excluding hydrogens is 186 g/mol. The lowest BCUT2D eigenvalue weighted by atomic mass is 9.95. The average molecular weight is 210 g/mol. The summed E-state index contributed by atoms with van der Waals surface area (Å²) < 4.78 is 0. The topological polar surface area (TPSA) is 41.3 Å². The predicted octanol–water partition coefficient (Wildman–Crippen LogP) is 0.685. The zero-order valence-corrected chi connectivity index (χ0v) is 10.2. The van der Waals surface area contributed by atoms with E-state index < -0.39 is 0 Å². The standard InChI is InChI=1S/C9H23N3.ClH/c1-8(11-7-6-10)9(2,3)12(4)5;/h8,11H,6-7,10H2,1-5H3;1H. The van der Waals surface area contributed by atoms with E-state index in [1.165, 1.54) is 0 Å². The van der Waals surface area contributed by atoms with Crippen LogP contribution in [0, 0.1) is 0 Å². The van der Waals surface area contributed by atoms with E-state index in [1.807, 2.05) is 0 Å². The third kappa shape index (κ3) is 4.81. The maximum atomic E-state index is 5.42. The third-order valence-corrected chi connectivity index (χ3v) is 2.81. The Balaban J connectivity index is 0. The lowest BCUT2D eigenvalue weighted by Gasteiger charge is -2.38. The minimum atomic E-state index is 0. The minimum Gasteiger partial charge on any atom is -0.329 e. The number of nitrogens with zero attached hydrogens (tertiary/aromatic N) is 1. The maximum absolute atomic E-state index is 5.42. The number of hydrogen-bond donors (Lipinski definition) is 2. The Morgan fingerprint density at radius 3 is 2.15 bits per heavy atom. The molecule has 0 aromatic heterocycles. The Hall–Kier alpha value is 0.170. The van der Waals surface area contributed by atoms with Gasteiger partial charge in [0.25, 0.3) is 0 Å². The van der Waals surface area contributed by atoms with Gasteiger partial charge in [-0.3, -0.25) is 0 Å². The Labute approximate surface area is 88.5 Å². The zero-order valence-electron chi connectivity index (χ0n) is 9.42. The third-order valence-electron chi connectivity index (χ3n) is 2.81. The average Bonchev–Trinajstić information content (AvgIpc) is 1.99. The first-order chi connectivity index (χ1) is 5.42. The maximum Gasteiger partial charge on any atom is 0.0297 e. The van der Waals surface area contributed by atoms with E-state index in [1.54, 1.807) is 0 Å². The van der Waals surface area contributed by atoms with Gasteiger partial charge in [-0.25, -0.2) is 0 Å². The van der Waals surface area contributed by atoms with Gasteiger partial charge in [-0.1, -0.05) is 0 Å². The largest absolute Gasteiger partial charge is 0.329 e. The van der Waals surface area contributed by atoms with E-state index in [9.17, 15) is 0 Å². The molecule has 0 aromatic carbocycles. The summed E-state index contributed by atoms with van der Waals surface area (Å²) in [5, 5.41) is 3.39. The van der Waals surface area contributed by atoms with Gasteiger partial charge in [0.05, 0.1) is 0 Å². The fourth-order valence-corrected chi connectivity index (χ4v) is 0.937. The lowest BCUT2D eigenvalue weighted by molar-refractivity contribution is 0.147. The van der Waals surface area contributed by atoms with Crippen molar-refractivity contribution in [3.8, 4) is 0 Å². The molecule has 3 N–H and O–H groups in total. The molecule has 0 bridgehead atoms. The number of nitrogens with one attached hydrogen (secondary N) is 1. The van der Waals surface area contributed by atoms with Crippen molar-refractivity contribution in [2.45, 2.75) is 32.4 Å². The summed E-state index contributed by atoms with van der Waals surface area (Å²) in [5.41, 5.74) is 5.60. The van der Waals surface area contributed by atoms with Gasteiger partial charge in [-0.05, 0) is 34.9 Å². The highest BCUT2D eigenvalue weighted by Crippen LogP contribution is 2.14. The van der Waals surface area contributed by atoms with Gasteiger partial charge in [-0.15, -0.1) is 12.4 Å². The predicted molar refractivity (Wildman–Crippen MR) is 61.5 cm³/mol. The summed E-state index contributed by atoms with van der Waals surface area (Å²) in [4.78, 5) is 2.22. The van der Waals surface area contributed by atoms with E-state index in [-0.39, 0.29) is 17.9 Å². The Morgan fingerprint density at radius 1 is 1.38 bits per heavy atom. The summed E-state index contributed by atoms with van der Waals surface area (Å²) in [5.74, 6) is 0. The van der Waals surface area contributed by atoms with Crippen LogP contribution in [0.3, 0.4) is 0 Å². The second-order valence-electron chi connectivity index (χ2n) is 4.01. The molecule has 1 atom stereocenters. The van der Waals surface area contributed by atoms with Gasteiger partial charge in [0.15, 0.2) is 0 Å². The van der Waals surface area contributed by atoms with Crippen LogP contribution in [-0.2, 0) is 0 Å². The van der Waals surface area contributed by atoms with E-state index in [2.05, 4.69) is 45.1 Å². The van der Waals surface area contributed by atoms with Gasteiger partial charge in [-0.2, -0.15) is 0 Å². The molecule has 0 aliphatic rings. The molecule has 4 heteroatoms. The first kappa shape index (κ1) is 15.6. The van der Waals surface area contributed by atoms with Crippen molar-refractivity contribution in [2.75, 3.05) is 27.2 Å². The van der Waals surface area contributed by atoms with Crippen LogP contribution in [0.5, 0.6) is 0 Å². The smallest absolute Gasteiger partial charge is 0.0297 e. The van der Waals surface area contributed by atoms with Crippen LogP contribution < -0.4 is 11.1 Å². The summed E-state index contributed by atoms with van der Waals surface area (Å²) in [6.07, 6.45) is 0. The number of hydrogen-bond acceptors (Lipinski definition) is 3. The van der Waals surface area contributed by atoms with Crippen LogP contribution in [0.15, 0.2) is 0 Å². The summed E-state index contributed by atoms with van der Waals surface area (Å²) in [6.45, 7) is 8.23. The van der Waals surface area contributed by atoms with E-state index in [4.69, 9.17) is 5.73 Å². The van der Waals surface area contributed by atoms with Crippen molar-refractivity contribution in [3.05, 3.63) is 0 Å². The number of nitrogens with two attached hydrogens (primary N) is 1. The van der Waals surface area contributed by atoms with Crippen LogP contribution >= 0.6 is 12.4 Å². The van der Waals surface area contributed by atoms with Crippen molar-refractivity contribution in [2.24, 2.45) is 5.73 Å². The second-order valence-corrected chi connectivity index (χ2v) is 4.01. The lowest BCUT2D eigenvalue weighted by Crippen LogP contribution is -2.54. The molecule has 0 aromatic rings. The molecule has 82 valence electrons. The van der Waals surface area contributed by atoms with Crippen LogP contribution in [0.1, 0.15) is 20.8 Å². The van der Waals surface area contributed by atoms with Gasteiger partial charge in [0.1, 0.15) is 0 Å². The Kier molecular flexibility index (Phi) is 7.93. The summed E-state index contributed by atoms with van der Waals surface area (Å²) in [6, 6.07) is 0.455. The van der Waals surface area contributed by atoms with Crippen molar-refractivity contribution >= 4 is 12.4 Å². The van der Waals surface area contributed by atoms with Crippen molar-refractivity contribution in [1.29, 1.82) is 0 Å². The van der Waals surface area contributed by atoms with Crippen LogP contribution in [0.25, 0.3) is 0 Å². The first-order valence-corrected chi connectivity index (χ1v) is 4.53. The van der Waals surface area contributed by atoms with Crippen LogP contribution in [-0.4, -0.2) is 43.7 Å². The molecule has 0 rings (SSSR count). The normalized spacial score (nSPS) is 14.1. The molecule has 0 fully saturated rings. The molecule has 0 heterocycles. The molecule has 3 nitrogen and oxygen atoms in total. The molecule has 13 heavy (non-hydrogen) atoms. The van der Waals surface area contributed by atoms with Crippen LogP contribution in [0.4, 0.5) is 0 Å². The molecule has 0 saturated carbocycles.